The number of fused-ring (bicyclic) bond motifs is 1. The number of anilines is 2. The van der Waals surface area contributed by atoms with Gasteiger partial charge in [-0.15, -0.1) is 0 Å². The molecular weight excluding hydrogens is 526 g/mol. The average Bonchev–Trinajstić information content (AvgIpc) is 3.35. The third kappa shape index (κ3) is 5.46. The monoisotopic (exact) mass is 561 g/mol. The molecule has 1 saturated heterocycles. The van der Waals surface area contributed by atoms with E-state index in [2.05, 4.69) is 47.2 Å². The molecular formula is C30H35N5O4S. The van der Waals surface area contributed by atoms with Crippen LogP contribution in [0.5, 0.6) is 0 Å². The Morgan fingerprint density at radius 1 is 1.15 bits per heavy atom. The Labute approximate surface area is 238 Å². The van der Waals surface area contributed by atoms with Crippen molar-refractivity contribution < 1.29 is 14.5 Å². The maximum atomic E-state index is 13.2. The molecule has 5 rings (SSSR count). The summed E-state index contributed by atoms with van der Waals surface area (Å²) >= 11 is 1.37. The number of nitro groups is 1. The van der Waals surface area contributed by atoms with Gasteiger partial charge < -0.3 is 15.0 Å². The van der Waals surface area contributed by atoms with E-state index in [1.165, 1.54) is 34.4 Å². The lowest BCUT2D eigenvalue weighted by atomic mass is 9.81. The fourth-order valence-electron chi connectivity index (χ4n) is 5.68. The summed E-state index contributed by atoms with van der Waals surface area (Å²) in [6.45, 7) is 12.9. The van der Waals surface area contributed by atoms with Gasteiger partial charge in [0.2, 0.25) is 0 Å². The third-order valence-electron chi connectivity index (χ3n) is 7.95. The van der Waals surface area contributed by atoms with Gasteiger partial charge in [-0.25, -0.2) is 4.79 Å². The van der Waals surface area contributed by atoms with Crippen LogP contribution < -0.4 is 10.2 Å². The highest BCUT2D eigenvalue weighted by Gasteiger charge is 2.37. The summed E-state index contributed by atoms with van der Waals surface area (Å²) in [5, 5.41) is 15.8. The molecule has 40 heavy (non-hydrogen) atoms. The van der Waals surface area contributed by atoms with Crippen molar-refractivity contribution in [1.29, 1.82) is 0 Å². The first kappa shape index (κ1) is 27.8. The molecule has 0 aliphatic carbocycles. The lowest BCUT2D eigenvalue weighted by Gasteiger charge is -2.37. The number of rotatable bonds is 8. The van der Waals surface area contributed by atoms with E-state index < -0.39 is 16.8 Å². The fourth-order valence-corrected chi connectivity index (χ4v) is 6.61. The quantitative estimate of drug-likeness (QED) is 0.221. The van der Waals surface area contributed by atoms with Crippen LogP contribution in [0.15, 0.2) is 53.7 Å². The average molecular weight is 562 g/mol. The number of nitrogens with zero attached hydrogens (tertiary/aromatic N) is 4. The summed E-state index contributed by atoms with van der Waals surface area (Å²) in [5.74, 6) is -0.917. The topological polar surface area (TPSA) is 101 Å². The number of carbonyl (C=O) groups is 1. The van der Waals surface area contributed by atoms with Crippen molar-refractivity contribution in [3.63, 3.8) is 0 Å². The number of allylic oxidation sites excluding steroid dienone is 1. The van der Waals surface area contributed by atoms with Gasteiger partial charge in [0, 0.05) is 74.1 Å². The Bertz CT molecular complexity index is 1460. The number of hydrogen-bond acceptors (Lipinski definition) is 9. The molecule has 9 nitrogen and oxygen atoms in total. The molecule has 210 valence electrons. The van der Waals surface area contributed by atoms with Crippen LogP contribution in [0.1, 0.15) is 47.7 Å². The Kier molecular flexibility index (Phi) is 8.18. The van der Waals surface area contributed by atoms with Crippen molar-refractivity contribution in [1.82, 2.24) is 9.27 Å². The van der Waals surface area contributed by atoms with E-state index in [9.17, 15) is 14.9 Å². The minimum atomic E-state index is -0.495. The molecule has 1 N–H and O–H groups in total. The molecule has 1 unspecified atom stereocenters. The lowest BCUT2D eigenvalue weighted by molar-refractivity contribution is -0.384. The van der Waals surface area contributed by atoms with Crippen LogP contribution in [0.2, 0.25) is 0 Å². The number of aromatic nitrogens is 1. The second-order valence-corrected chi connectivity index (χ2v) is 11.1. The SMILES string of the molecule is CCOC(=O)C1=C(C)Nc2snc(CCN3CCN(c4cccc(C)c4C)CC3)c2C1c1cccc([N+](=O)[O-])c1. The van der Waals surface area contributed by atoms with E-state index in [0.717, 1.165) is 55.4 Å². The molecule has 0 amide bonds. The normalized spacial score (nSPS) is 17.4. The summed E-state index contributed by atoms with van der Waals surface area (Å²) < 4.78 is 10.2. The van der Waals surface area contributed by atoms with Gasteiger partial charge in [0.05, 0.1) is 22.8 Å². The van der Waals surface area contributed by atoms with Gasteiger partial charge in [-0.05, 0) is 62.0 Å². The molecule has 0 saturated carbocycles. The van der Waals surface area contributed by atoms with Crippen molar-refractivity contribution in [2.24, 2.45) is 0 Å². The van der Waals surface area contributed by atoms with Crippen LogP contribution in [0, 0.1) is 24.0 Å². The second-order valence-electron chi connectivity index (χ2n) is 10.3. The van der Waals surface area contributed by atoms with Crippen molar-refractivity contribution in [2.45, 2.75) is 40.0 Å². The Hall–Kier alpha value is -3.76. The molecule has 2 aliphatic heterocycles. The molecule has 0 bridgehead atoms. The molecule has 1 atom stereocenters. The van der Waals surface area contributed by atoms with Crippen LogP contribution in [-0.2, 0) is 16.0 Å². The van der Waals surface area contributed by atoms with Crippen LogP contribution >= 0.6 is 11.5 Å². The summed E-state index contributed by atoms with van der Waals surface area (Å²) in [6, 6.07) is 13.0. The highest BCUT2D eigenvalue weighted by molar-refractivity contribution is 7.10. The Morgan fingerprint density at radius 3 is 2.62 bits per heavy atom. The number of nitrogens with one attached hydrogen (secondary N) is 1. The van der Waals surface area contributed by atoms with Gasteiger partial charge in [0.25, 0.3) is 5.69 Å². The minimum Gasteiger partial charge on any atom is -0.463 e. The van der Waals surface area contributed by atoms with Gasteiger partial charge in [0.1, 0.15) is 5.00 Å². The highest BCUT2D eigenvalue weighted by Crippen LogP contribution is 2.46. The number of esters is 1. The van der Waals surface area contributed by atoms with Gasteiger partial charge >= 0.3 is 5.97 Å². The standard InChI is InChI=1S/C30H35N5O4S/c1-5-39-30(36)26-21(4)31-29-28(27(26)22-9-7-10-23(18-22)35(37)38)24(32-40-29)12-13-33-14-16-34(17-15-33)25-11-6-8-19(2)20(25)3/h6-11,18,27,31H,5,12-17H2,1-4H3. The van der Waals surface area contributed by atoms with Crippen LogP contribution in [0.3, 0.4) is 0 Å². The number of benzene rings is 2. The van der Waals surface area contributed by atoms with Crippen LogP contribution in [0.25, 0.3) is 0 Å². The van der Waals surface area contributed by atoms with Crippen molar-refractivity contribution in [2.75, 3.05) is 49.5 Å². The van der Waals surface area contributed by atoms with E-state index >= 15 is 0 Å². The molecule has 3 aromatic rings. The van der Waals surface area contributed by atoms with E-state index in [1.54, 1.807) is 19.1 Å². The number of non-ortho nitro benzene ring substituents is 1. The molecule has 1 fully saturated rings. The summed E-state index contributed by atoms with van der Waals surface area (Å²) in [7, 11) is 0. The molecule has 0 radical (unpaired) electrons. The molecule has 10 heteroatoms. The second kappa shape index (κ2) is 11.8. The largest absolute Gasteiger partial charge is 0.463 e. The predicted molar refractivity (Wildman–Crippen MR) is 158 cm³/mol. The molecule has 2 aromatic carbocycles. The zero-order valence-corrected chi connectivity index (χ0v) is 24.2. The van der Waals surface area contributed by atoms with E-state index in [0.29, 0.717) is 16.8 Å². The summed E-state index contributed by atoms with van der Waals surface area (Å²) in [4.78, 5) is 29.3. The van der Waals surface area contributed by atoms with Crippen LogP contribution in [0.4, 0.5) is 16.4 Å². The highest BCUT2D eigenvalue weighted by atomic mass is 32.1. The number of nitro benzene ring substituents is 1. The van der Waals surface area contributed by atoms with E-state index in [-0.39, 0.29) is 12.3 Å². The number of aryl methyl sites for hydroxylation is 1. The van der Waals surface area contributed by atoms with Gasteiger partial charge in [-0.3, -0.25) is 15.0 Å². The van der Waals surface area contributed by atoms with Gasteiger partial charge in [0.15, 0.2) is 0 Å². The molecule has 1 aromatic heterocycles. The van der Waals surface area contributed by atoms with Gasteiger partial charge in [-0.2, -0.15) is 4.37 Å². The number of hydrogen-bond donors (Lipinski definition) is 1. The Morgan fingerprint density at radius 2 is 1.90 bits per heavy atom. The van der Waals surface area contributed by atoms with Crippen LogP contribution in [-0.4, -0.2) is 59.5 Å². The maximum Gasteiger partial charge on any atom is 0.336 e. The van der Waals surface area contributed by atoms with Crippen molar-refractivity contribution in [3.05, 3.63) is 91.8 Å². The number of carbonyl (C=O) groups excluding carboxylic acids is 1. The smallest absolute Gasteiger partial charge is 0.336 e. The van der Waals surface area contributed by atoms with Crippen molar-refractivity contribution >= 4 is 33.9 Å². The van der Waals surface area contributed by atoms with E-state index in [4.69, 9.17) is 9.11 Å². The summed E-state index contributed by atoms with van der Waals surface area (Å²) in [5.41, 5.74) is 7.61. The molecule has 0 spiro atoms. The number of piperazine rings is 1. The zero-order chi connectivity index (χ0) is 28.4. The third-order valence-corrected chi connectivity index (χ3v) is 8.76. The number of ether oxygens (including phenoxy) is 1. The molecule has 3 heterocycles. The molecule has 2 aliphatic rings. The van der Waals surface area contributed by atoms with Crippen molar-refractivity contribution in [3.8, 4) is 0 Å². The Balaban J connectivity index is 1.38. The minimum absolute atomic E-state index is 0.00935. The first-order chi connectivity index (χ1) is 19.3. The first-order valence-electron chi connectivity index (χ1n) is 13.7. The predicted octanol–water partition coefficient (Wildman–Crippen LogP) is 5.43. The van der Waals surface area contributed by atoms with Gasteiger partial charge in [-0.1, -0.05) is 24.3 Å². The van der Waals surface area contributed by atoms with E-state index in [1.807, 2.05) is 13.0 Å². The zero-order valence-electron chi connectivity index (χ0n) is 23.4. The fraction of sp³-hybridized carbons (Fsp3) is 0.400. The first-order valence-corrected chi connectivity index (χ1v) is 14.5. The maximum absolute atomic E-state index is 13.2. The summed E-state index contributed by atoms with van der Waals surface area (Å²) in [6.07, 6.45) is 0.720. The lowest BCUT2D eigenvalue weighted by Crippen LogP contribution is -2.47.